The zero-order valence-electron chi connectivity index (χ0n) is 13.8. The van der Waals surface area contributed by atoms with Crippen molar-refractivity contribution in [3.63, 3.8) is 0 Å². The normalized spacial score (nSPS) is 19.3. The number of aromatic nitrogens is 2. The number of imidazole rings is 1. The Labute approximate surface area is 135 Å². The van der Waals surface area contributed by atoms with E-state index in [4.69, 9.17) is 4.74 Å². The molecule has 1 aromatic carbocycles. The molecule has 0 aliphatic carbocycles. The van der Waals surface area contributed by atoms with Gasteiger partial charge in [0, 0.05) is 31.3 Å². The number of rotatable bonds is 1. The predicted molar refractivity (Wildman–Crippen MR) is 86.5 cm³/mol. The van der Waals surface area contributed by atoms with Crippen molar-refractivity contribution in [3.05, 3.63) is 46.5 Å². The standard InChI is InChI=1S/C18H21N3O2/c1-11-6-13-14(9-23-17(13)7-12(11)2)18(22)21-5-4-16-15(8-21)19-10-20(16)3/h6-7,10,14H,4-5,8-9H2,1-3H3. The fraction of sp³-hybridized carbons (Fsp3) is 0.444. The lowest BCUT2D eigenvalue weighted by molar-refractivity contribution is -0.134. The maximum atomic E-state index is 13.0. The van der Waals surface area contributed by atoms with Gasteiger partial charge in [-0.3, -0.25) is 4.79 Å². The SMILES string of the molecule is Cc1cc2c(cc1C)C(C(=O)N1CCc3c(ncn3C)C1)CO2. The molecule has 0 N–H and O–H groups in total. The first kappa shape index (κ1) is 14.3. The van der Waals surface area contributed by atoms with E-state index in [9.17, 15) is 4.79 Å². The van der Waals surface area contributed by atoms with Crippen molar-refractivity contribution in [3.8, 4) is 5.75 Å². The first-order valence-corrected chi connectivity index (χ1v) is 8.06. The van der Waals surface area contributed by atoms with Crippen molar-refractivity contribution < 1.29 is 9.53 Å². The van der Waals surface area contributed by atoms with Crippen molar-refractivity contribution in [2.75, 3.05) is 13.2 Å². The van der Waals surface area contributed by atoms with E-state index in [1.54, 1.807) is 0 Å². The van der Waals surface area contributed by atoms with Gasteiger partial charge in [0.25, 0.3) is 0 Å². The summed E-state index contributed by atoms with van der Waals surface area (Å²) in [5, 5.41) is 0. The molecule has 3 heterocycles. The monoisotopic (exact) mass is 311 g/mol. The van der Waals surface area contributed by atoms with Crippen molar-refractivity contribution in [2.24, 2.45) is 7.05 Å². The van der Waals surface area contributed by atoms with E-state index in [0.29, 0.717) is 13.2 Å². The molecule has 0 spiro atoms. The van der Waals surface area contributed by atoms with Gasteiger partial charge in [0.05, 0.1) is 18.6 Å². The molecule has 5 heteroatoms. The number of amides is 1. The molecule has 0 saturated carbocycles. The van der Waals surface area contributed by atoms with Crippen LogP contribution in [0.3, 0.4) is 0 Å². The number of nitrogens with zero attached hydrogens (tertiary/aromatic N) is 3. The molecule has 2 aromatic rings. The molecular weight excluding hydrogens is 290 g/mol. The summed E-state index contributed by atoms with van der Waals surface area (Å²) in [5.74, 6) is 0.833. The summed E-state index contributed by atoms with van der Waals surface area (Å²) in [6, 6.07) is 4.15. The van der Waals surface area contributed by atoms with E-state index < -0.39 is 0 Å². The highest BCUT2D eigenvalue weighted by Gasteiger charge is 2.35. The lowest BCUT2D eigenvalue weighted by Crippen LogP contribution is -2.39. The number of ether oxygens (including phenoxy) is 1. The van der Waals surface area contributed by atoms with Gasteiger partial charge < -0.3 is 14.2 Å². The minimum atomic E-state index is -0.186. The second kappa shape index (κ2) is 5.11. The summed E-state index contributed by atoms with van der Waals surface area (Å²) < 4.78 is 7.82. The smallest absolute Gasteiger partial charge is 0.234 e. The molecule has 1 unspecified atom stereocenters. The largest absolute Gasteiger partial charge is 0.492 e. The number of hydrogen-bond acceptors (Lipinski definition) is 3. The second-order valence-electron chi connectivity index (χ2n) is 6.60. The zero-order chi connectivity index (χ0) is 16.1. The zero-order valence-corrected chi connectivity index (χ0v) is 13.8. The number of fused-ring (bicyclic) bond motifs is 2. The van der Waals surface area contributed by atoms with Crippen LogP contribution in [0.2, 0.25) is 0 Å². The highest BCUT2D eigenvalue weighted by molar-refractivity contribution is 5.86. The van der Waals surface area contributed by atoms with Gasteiger partial charge in [0.15, 0.2) is 0 Å². The minimum absolute atomic E-state index is 0.156. The molecule has 1 amide bonds. The average molecular weight is 311 g/mol. The lowest BCUT2D eigenvalue weighted by Gasteiger charge is -2.29. The summed E-state index contributed by atoms with van der Waals surface area (Å²) in [5.41, 5.74) is 5.70. The second-order valence-corrected chi connectivity index (χ2v) is 6.60. The average Bonchev–Trinajstić information content (AvgIpc) is 3.11. The molecule has 2 aliphatic rings. The van der Waals surface area contributed by atoms with E-state index in [-0.39, 0.29) is 11.8 Å². The van der Waals surface area contributed by atoms with Crippen LogP contribution in [0.5, 0.6) is 5.75 Å². The Morgan fingerprint density at radius 1 is 1.30 bits per heavy atom. The van der Waals surface area contributed by atoms with Gasteiger partial charge in [0.1, 0.15) is 18.3 Å². The molecule has 1 aromatic heterocycles. The molecule has 23 heavy (non-hydrogen) atoms. The third-order valence-corrected chi connectivity index (χ3v) is 5.12. The third-order valence-electron chi connectivity index (χ3n) is 5.12. The Morgan fingerprint density at radius 2 is 2.09 bits per heavy atom. The highest BCUT2D eigenvalue weighted by atomic mass is 16.5. The maximum absolute atomic E-state index is 13.0. The van der Waals surface area contributed by atoms with Crippen molar-refractivity contribution >= 4 is 5.91 Å². The van der Waals surface area contributed by atoms with Gasteiger partial charge >= 0.3 is 0 Å². The Bertz CT molecular complexity index is 794. The van der Waals surface area contributed by atoms with E-state index in [2.05, 4.69) is 29.5 Å². The maximum Gasteiger partial charge on any atom is 0.234 e. The van der Waals surface area contributed by atoms with Crippen LogP contribution in [-0.4, -0.2) is 33.5 Å². The fourth-order valence-corrected chi connectivity index (χ4v) is 3.54. The van der Waals surface area contributed by atoms with Gasteiger partial charge in [-0.05, 0) is 31.0 Å². The van der Waals surface area contributed by atoms with Gasteiger partial charge in [-0.2, -0.15) is 0 Å². The predicted octanol–water partition coefficient (Wildman–Crippen LogP) is 2.10. The first-order chi connectivity index (χ1) is 11.0. The van der Waals surface area contributed by atoms with Crippen LogP contribution in [0.1, 0.15) is 34.0 Å². The minimum Gasteiger partial charge on any atom is -0.492 e. The van der Waals surface area contributed by atoms with Gasteiger partial charge in [-0.25, -0.2) is 4.98 Å². The Kier molecular flexibility index (Phi) is 3.18. The number of carbonyl (C=O) groups excluding carboxylic acids is 1. The molecular formula is C18H21N3O2. The quantitative estimate of drug-likeness (QED) is 0.810. The summed E-state index contributed by atoms with van der Waals surface area (Å²) in [6.07, 6.45) is 2.70. The van der Waals surface area contributed by atoms with Crippen LogP contribution in [0.25, 0.3) is 0 Å². The molecule has 0 radical (unpaired) electrons. The van der Waals surface area contributed by atoms with E-state index in [1.807, 2.05) is 24.3 Å². The van der Waals surface area contributed by atoms with Crippen molar-refractivity contribution in [1.82, 2.24) is 14.5 Å². The molecule has 5 nitrogen and oxygen atoms in total. The fourth-order valence-electron chi connectivity index (χ4n) is 3.54. The molecule has 120 valence electrons. The van der Waals surface area contributed by atoms with Crippen LogP contribution < -0.4 is 4.74 Å². The molecule has 0 saturated heterocycles. The number of hydrogen-bond donors (Lipinski definition) is 0. The number of carbonyl (C=O) groups is 1. The van der Waals surface area contributed by atoms with Crippen molar-refractivity contribution in [1.29, 1.82) is 0 Å². The van der Waals surface area contributed by atoms with Crippen LogP contribution in [0.15, 0.2) is 18.5 Å². The molecule has 0 fully saturated rings. The Balaban J connectivity index is 1.59. The molecule has 2 aliphatic heterocycles. The Morgan fingerprint density at radius 3 is 2.91 bits per heavy atom. The first-order valence-electron chi connectivity index (χ1n) is 8.06. The summed E-state index contributed by atoms with van der Waals surface area (Å²) in [7, 11) is 2.01. The third kappa shape index (κ3) is 2.22. The summed E-state index contributed by atoms with van der Waals surface area (Å²) in [4.78, 5) is 19.3. The topological polar surface area (TPSA) is 47.4 Å². The van der Waals surface area contributed by atoms with E-state index in [0.717, 1.165) is 30.0 Å². The summed E-state index contributed by atoms with van der Waals surface area (Å²) in [6.45, 7) is 5.95. The lowest BCUT2D eigenvalue weighted by atomic mass is 9.95. The Hall–Kier alpha value is -2.30. The van der Waals surface area contributed by atoms with Crippen LogP contribution in [-0.2, 0) is 24.8 Å². The number of benzene rings is 1. The molecule has 1 atom stereocenters. The van der Waals surface area contributed by atoms with Crippen LogP contribution in [0, 0.1) is 13.8 Å². The van der Waals surface area contributed by atoms with Crippen molar-refractivity contribution in [2.45, 2.75) is 32.7 Å². The molecule has 4 rings (SSSR count). The van der Waals surface area contributed by atoms with Crippen LogP contribution in [0.4, 0.5) is 0 Å². The van der Waals surface area contributed by atoms with Gasteiger partial charge in [-0.1, -0.05) is 6.07 Å². The number of aryl methyl sites for hydroxylation is 3. The van der Waals surface area contributed by atoms with E-state index >= 15 is 0 Å². The summed E-state index contributed by atoms with van der Waals surface area (Å²) >= 11 is 0. The van der Waals surface area contributed by atoms with E-state index in [1.165, 1.54) is 16.8 Å². The van der Waals surface area contributed by atoms with Gasteiger partial charge in [-0.15, -0.1) is 0 Å². The van der Waals surface area contributed by atoms with Gasteiger partial charge in [0.2, 0.25) is 5.91 Å². The molecule has 0 bridgehead atoms. The van der Waals surface area contributed by atoms with Crippen LogP contribution >= 0.6 is 0 Å². The highest BCUT2D eigenvalue weighted by Crippen LogP contribution is 2.37.